The second kappa shape index (κ2) is 3.11. The van der Waals surface area contributed by atoms with E-state index in [1.807, 2.05) is 47.3 Å². The minimum Gasteiger partial charge on any atom is -0.309 e. The van der Waals surface area contributed by atoms with Crippen LogP contribution in [0.5, 0.6) is 0 Å². The third kappa shape index (κ3) is 1.42. The minimum absolute atomic E-state index is 0.436. The van der Waals surface area contributed by atoms with Gasteiger partial charge in [0.15, 0.2) is 0 Å². The van der Waals surface area contributed by atoms with Gasteiger partial charge in [0, 0.05) is 12.4 Å². The van der Waals surface area contributed by atoms with Crippen molar-refractivity contribution >= 4 is 0 Å². The van der Waals surface area contributed by atoms with Crippen LogP contribution in [-0.4, -0.2) is 9.55 Å². The summed E-state index contributed by atoms with van der Waals surface area (Å²) in [5.41, 5.74) is 0.436. The Bertz CT molecular complexity index is 437. The number of nitriles is 1. The molecule has 3 heteroatoms. The standard InChI is InChI=1S/C10H7N3/c11-8-9-4-3-5-10(12-9)13-6-1-2-7-13/h1-7H. The van der Waals surface area contributed by atoms with E-state index in [-0.39, 0.29) is 0 Å². The van der Waals surface area contributed by atoms with E-state index in [2.05, 4.69) is 4.98 Å². The quantitative estimate of drug-likeness (QED) is 0.652. The SMILES string of the molecule is N#Cc1cccc(-n2cccc2)n1. The van der Waals surface area contributed by atoms with E-state index in [0.29, 0.717) is 5.69 Å². The maximum absolute atomic E-state index is 8.64. The van der Waals surface area contributed by atoms with Crippen molar-refractivity contribution < 1.29 is 0 Å². The van der Waals surface area contributed by atoms with Gasteiger partial charge in [-0.2, -0.15) is 5.26 Å². The number of nitrogens with zero attached hydrogens (tertiary/aromatic N) is 3. The van der Waals surface area contributed by atoms with Crippen LogP contribution in [0.15, 0.2) is 42.7 Å². The lowest BCUT2D eigenvalue weighted by Crippen LogP contribution is -1.94. The Morgan fingerprint density at radius 1 is 1.15 bits per heavy atom. The first-order valence-corrected chi connectivity index (χ1v) is 3.90. The van der Waals surface area contributed by atoms with E-state index < -0.39 is 0 Å². The van der Waals surface area contributed by atoms with Crippen LogP contribution in [0.25, 0.3) is 5.82 Å². The predicted molar refractivity (Wildman–Crippen MR) is 48.3 cm³/mol. The lowest BCUT2D eigenvalue weighted by molar-refractivity contribution is 1.00. The summed E-state index contributed by atoms with van der Waals surface area (Å²) in [4.78, 5) is 4.14. The van der Waals surface area contributed by atoms with Gasteiger partial charge in [-0.05, 0) is 24.3 Å². The van der Waals surface area contributed by atoms with Crippen molar-refractivity contribution in [3.8, 4) is 11.9 Å². The first-order valence-electron chi connectivity index (χ1n) is 3.90. The van der Waals surface area contributed by atoms with Gasteiger partial charge in [-0.15, -0.1) is 0 Å². The van der Waals surface area contributed by atoms with Crippen molar-refractivity contribution in [3.63, 3.8) is 0 Å². The summed E-state index contributed by atoms with van der Waals surface area (Å²) in [6.45, 7) is 0. The molecular weight excluding hydrogens is 162 g/mol. The molecule has 0 amide bonds. The van der Waals surface area contributed by atoms with Gasteiger partial charge in [0.05, 0.1) is 0 Å². The van der Waals surface area contributed by atoms with E-state index in [1.54, 1.807) is 6.07 Å². The highest BCUT2D eigenvalue weighted by Crippen LogP contribution is 2.04. The average Bonchev–Trinajstić information content (AvgIpc) is 2.71. The van der Waals surface area contributed by atoms with Crippen LogP contribution in [-0.2, 0) is 0 Å². The highest BCUT2D eigenvalue weighted by atomic mass is 15.0. The van der Waals surface area contributed by atoms with Crippen LogP contribution < -0.4 is 0 Å². The van der Waals surface area contributed by atoms with Gasteiger partial charge < -0.3 is 4.57 Å². The fraction of sp³-hybridized carbons (Fsp3) is 0. The first-order chi connectivity index (χ1) is 6.40. The van der Waals surface area contributed by atoms with Gasteiger partial charge in [-0.3, -0.25) is 0 Å². The number of aromatic nitrogens is 2. The summed E-state index contributed by atoms with van der Waals surface area (Å²) < 4.78 is 1.86. The molecule has 0 aliphatic carbocycles. The zero-order chi connectivity index (χ0) is 9.10. The van der Waals surface area contributed by atoms with Crippen molar-refractivity contribution in [2.75, 3.05) is 0 Å². The molecule has 0 atom stereocenters. The van der Waals surface area contributed by atoms with Crippen molar-refractivity contribution in [2.45, 2.75) is 0 Å². The Hall–Kier alpha value is -2.08. The number of hydrogen-bond acceptors (Lipinski definition) is 2. The molecule has 0 fully saturated rings. The van der Waals surface area contributed by atoms with Gasteiger partial charge >= 0.3 is 0 Å². The van der Waals surface area contributed by atoms with E-state index in [9.17, 15) is 0 Å². The summed E-state index contributed by atoms with van der Waals surface area (Å²) in [5.74, 6) is 0.768. The molecule has 0 spiro atoms. The van der Waals surface area contributed by atoms with Crippen LogP contribution >= 0.6 is 0 Å². The van der Waals surface area contributed by atoms with Crippen LogP contribution in [0.2, 0.25) is 0 Å². The van der Waals surface area contributed by atoms with Gasteiger partial charge in [0.2, 0.25) is 0 Å². The minimum atomic E-state index is 0.436. The molecule has 0 saturated carbocycles. The van der Waals surface area contributed by atoms with Gasteiger partial charge in [0.1, 0.15) is 17.6 Å². The lowest BCUT2D eigenvalue weighted by Gasteiger charge is -2.00. The Morgan fingerprint density at radius 2 is 1.92 bits per heavy atom. The molecule has 0 aliphatic rings. The molecule has 2 heterocycles. The molecule has 0 N–H and O–H groups in total. The van der Waals surface area contributed by atoms with Crippen LogP contribution in [0.4, 0.5) is 0 Å². The highest BCUT2D eigenvalue weighted by molar-refractivity contribution is 5.30. The summed E-state index contributed by atoms with van der Waals surface area (Å²) in [6, 6.07) is 11.2. The second-order valence-corrected chi connectivity index (χ2v) is 2.58. The zero-order valence-corrected chi connectivity index (χ0v) is 6.88. The summed E-state index contributed by atoms with van der Waals surface area (Å²) in [5, 5.41) is 8.64. The van der Waals surface area contributed by atoms with Gasteiger partial charge in [-0.1, -0.05) is 6.07 Å². The smallest absolute Gasteiger partial charge is 0.142 e. The molecule has 3 nitrogen and oxygen atoms in total. The Morgan fingerprint density at radius 3 is 2.62 bits per heavy atom. The molecule has 2 rings (SSSR count). The predicted octanol–water partition coefficient (Wildman–Crippen LogP) is 1.74. The molecule has 0 radical (unpaired) electrons. The maximum atomic E-state index is 8.64. The Balaban J connectivity index is 2.49. The van der Waals surface area contributed by atoms with Crippen LogP contribution in [0.3, 0.4) is 0 Å². The summed E-state index contributed by atoms with van der Waals surface area (Å²) in [6.07, 6.45) is 3.78. The topological polar surface area (TPSA) is 41.6 Å². The average molecular weight is 169 g/mol. The molecule has 13 heavy (non-hydrogen) atoms. The zero-order valence-electron chi connectivity index (χ0n) is 6.88. The Kier molecular flexibility index (Phi) is 1.81. The lowest BCUT2D eigenvalue weighted by atomic mass is 10.3. The first kappa shape index (κ1) is 7.56. The van der Waals surface area contributed by atoms with Gasteiger partial charge in [0.25, 0.3) is 0 Å². The van der Waals surface area contributed by atoms with Crippen LogP contribution in [0, 0.1) is 11.3 Å². The molecule has 2 aromatic rings. The molecule has 0 saturated heterocycles. The molecule has 0 unspecified atom stereocenters. The van der Waals surface area contributed by atoms with Crippen molar-refractivity contribution in [3.05, 3.63) is 48.4 Å². The Labute approximate surface area is 75.9 Å². The normalized spacial score (nSPS) is 9.46. The third-order valence-electron chi connectivity index (χ3n) is 1.72. The number of rotatable bonds is 1. The van der Waals surface area contributed by atoms with E-state index in [4.69, 9.17) is 5.26 Å². The summed E-state index contributed by atoms with van der Waals surface area (Å²) in [7, 11) is 0. The largest absolute Gasteiger partial charge is 0.309 e. The van der Waals surface area contributed by atoms with Crippen LogP contribution in [0.1, 0.15) is 5.69 Å². The van der Waals surface area contributed by atoms with Crippen molar-refractivity contribution in [1.29, 1.82) is 5.26 Å². The van der Waals surface area contributed by atoms with E-state index in [0.717, 1.165) is 5.82 Å². The molecule has 2 aromatic heterocycles. The van der Waals surface area contributed by atoms with Crippen molar-refractivity contribution in [2.24, 2.45) is 0 Å². The molecule has 0 aliphatic heterocycles. The fourth-order valence-corrected chi connectivity index (χ4v) is 1.12. The molecule has 0 bridgehead atoms. The number of pyridine rings is 1. The highest BCUT2D eigenvalue weighted by Gasteiger charge is 1.96. The van der Waals surface area contributed by atoms with Crippen molar-refractivity contribution in [1.82, 2.24) is 9.55 Å². The van der Waals surface area contributed by atoms with Gasteiger partial charge in [-0.25, -0.2) is 4.98 Å². The number of hydrogen-bond donors (Lipinski definition) is 0. The fourth-order valence-electron chi connectivity index (χ4n) is 1.12. The molecule has 0 aromatic carbocycles. The van der Waals surface area contributed by atoms with E-state index in [1.165, 1.54) is 0 Å². The monoisotopic (exact) mass is 169 g/mol. The third-order valence-corrected chi connectivity index (χ3v) is 1.72. The molecular formula is C10H7N3. The second-order valence-electron chi connectivity index (χ2n) is 2.58. The summed E-state index contributed by atoms with van der Waals surface area (Å²) >= 11 is 0. The molecule has 62 valence electrons. The van der Waals surface area contributed by atoms with E-state index >= 15 is 0 Å². The maximum Gasteiger partial charge on any atom is 0.142 e.